The van der Waals surface area contributed by atoms with Gasteiger partial charge in [-0.15, -0.1) is 0 Å². The molecule has 0 aromatic carbocycles. The van der Waals surface area contributed by atoms with Crippen LogP contribution < -0.4 is 15.1 Å². The fraction of sp³-hybridized carbons (Fsp3) is 0.421. The summed E-state index contributed by atoms with van der Waals surface area (Å²) in [5.74, 6) is 1.61. The molecule has 0 saturated carbocycles. The van der Waals surface area contributed by atoms with Gasteiger partial charge in [0.2, 0.25) is 0 Å². The molecule has 2 N–H and O–H groups in total. The Morgan fingerprint density at radius 2 is 2.07 bits per heavy atom. The third-order valence-electron chi connectivity index (χ3n) is 5.09. The van der Waals surface area contributed by atoms with Gasteiger partial charge >= 0.3 is 6.09 Å². The molecule has 2 aliphatic rings. The second kappa shape index (κ2) is 8.92. The van der Waals surface area contributed by atoms with Crippen molar-refractivity contribution in [1.82, 2.24) is 25.2 Å². The first kappa shape index (κ1) is 20.5. The Morgan fingerprint density at radius 1 is 1.27 bits per heavy atom. The number of H-pyrrole nitrogens is 1. The van der Waals surface area contributed by atoms with Crippen molar-refractivity contribution in [2.45, 2.75) is 13.0 Å². The average molecular weight is 446 g/mol. The van der Waals surface area contributed by atoms with Gasteiger partial charge in [0.25, 0.3) is 0 Å². The molecule has 4 heterocycles. The molecule has 9 nitrogen and oxygen atoms in total. The van der Waals surface area contributed by atoms with Crippen LogP contribution in [0.3, 0.4) is 0 Å². The molecule has 158 valence electrons. The van der Waals surface area contributed by atoms with E-state index in [2.05, 4.69) is 30.1 Å². The summed E-state index contributed by atoms with van der Waals surface area (Å²) >= 11 is 10.5. The number of carbonyl (C=O) groups is 1. The molecular formula is C19H23N7O2S2. The van der Waals surface area contributed by atoms with Gasteiger partial charge < -0.3 is 24.8 Å². The SMILES string of the molecule is CC(=S)NC[C@H]1CN(c2ccc(N3CCN(C(=S)c4ncc[nH]4)CC3)nc2)C(=O)O1. The number of aromatic nitrogens is 3. The maximum Gasteiger partial charge on any atom is 0.414 e. The van der Waals surface area contributed by atoms with Gasteiger partial charge in [-0.2, -0.15) is 0 Å². The van der Waals surface area contributed by atoms with Crippen molar-refractivity contribution in [2.24, 2.45) is 0 Å². The first-order valence-electron chi connectivity index (χ1n) is 9.73. The van der Waals surface area contributed by atoms with Crippen molar-refractivity contribution in [2.75, 3.05) is 49.1 Å². The molecule has 0 unspecified atom stereocenters. The lowest BCUT2D eigenvalue weighted by atomic mass is 10.2. The highest BCUT2D eigenvalue weighted by atomic mass is 32.1. The highest BCUT2D eigenvalue weighted by molar-refractivity contribution is 7.80. The molecule has 0 aliphatic carbocycles. The third kappa shape index (κ3) is 4.51. The number of piperazine rings is 1. The van der Waals surface area contributed by atoms with Gasteiger partial charge in [-0.05, 0) is 19.1 Å². The number of pyridine rings is 1. The number of aromatic amines is 1. The van der Waals surface area contributed by atoms with E-state index < -0.39 is 0 Å². The summed E-state index contributed by atoms with van der Waals surface area (Å²) in [7, 11) is 0. The van der Waals surface area contributed by atoms with Crippen LogP contribution in [-0.4, -0.2) is 81.3 Å². The van der Waals surface area contributed by atoms with Crippen molar-refractivity contribution < 1.29 is 9.53 Å². The normalized spacial score (nSPS) is 19.0. The summed E-state index contributed by atoms with van der Waals surface area (Å²) in [4.78, 5) is 31.4. The van der Waals surface area contributed by atoms with Crippen molar-refractivity contribution in [1.29, 1.82) is 0 Å². The highest BCUT2D eigenvalue weighted by Crippen LogP contribution is 2.23. The van der Waals surface area contributed by atoms with Crippen LogP contribution in [0.15, 0.2) is 30.7 Å². The summed E-state index contributed by atoms with van der Waals surface area (Å²) in [5.41, 5.74) is 0.725. The molecule has 2 aromatic heterocycles. The van der Waals surface area contributed by atoms with E-state index in [1.807, 2.05) is 12.1 Å². The van der Waals surface area contributed by atoms with Crippen LogP contribution in [0.1, 0.15) is 12.7 Å². The molecular weight excluding hydrogens is 422 g/mol. The van der Waals surface area contributed by atoms with E-state index in [0.717, 1.165) is 48.5 Å². The first-order valence-corrected chi connectivity index (χ1v) is 10.5. The van der Waals surface area contributed by atoms with E-state index in [0.29, 0.717) is 18.1 Å². The minimum Gasteiger partial charge on any atom is -0.442 e. The minimum absolute atomic E-state index is 0.235. The van der Waals surface area contributed by atoms with Crippen molar-refractivity contribution >= 4 is 52.0 Å². The molecule has 0 spiro atoms. The van der Waals surface area contributed by atoms with Crippen LogP contribution in [0, 0.1) is 0 Å². The number of hydrogen-bond acceptors (Lipinski definition) is 7. The molecule has 0 radical (unpaired) electrons. The van der Waals surface area contributed by atoms with Gasteiger partial charge in [0.05, 0.1) is 30.0 Å². The third-order valence-corrected chi connectivity index (χ3v) is 5.68. The molecule has 2 aliphatic heterocycles. The fourth-order valence-corrected chi connectivity index (χ4v) is 3.87. The van der Waals surface area contributed by atoms with E-state index in [-0.39, 0.29) is 12.2 Å². The number of imidazole rings is 1. The van der Waals surface area contributed by atoms with Gasteiger partial charge in [-0.3, -0.25) is 4.90 Å². The topological polar surface area (TPSA) is 89.6 Å². The monoisotopic (exact) mass is 445 g/mol. The lowest BCUT2D eigenvalue weighted by Crippen LogP contribution is -2.49. The summed E-state index contributed by atoms with van der Waals surface area (Å²) in [5, 5.41) is 3.04. The summed E-state index contributed by atoms with van der Waals surface area (Å²) in [6.45, 7) is 6.00. The number of cyclic esters (lactones) is 1. The van der Waals surface area contributed by atoms with Crippen LogP contribution >= 0.6 is 24.4 Å². The van der Waals surface area contributed by atoms with Gasteiger partial charge in [0, 0.05) is 38.6 Å². The molecule has 4 rings (SSSR count). The van der Waals surface area contributed by atoms with Crippen molar-refractivity contribution in [3.63, 3.8) is 0 Å². The van der Waals surface area contributed by atoms with E-state index in [9.17, 15) is 4.79 Å². The maximum absolute atomic E-state index is 12.2. The molecule has 0 bridgehead atoms. The molecule has 2 aromatic rings. The standard InChI is InChI=1S/C19H23N7O2S2/c1-13(29)22-11-15-12-26(19(27)28-15)14-2-3-16(23-10-14)24-6-8-25(9-7-24)18(30)17-20-4-5-21-17/h2-5,10,15H,6-9,11-12H2,1H3,(H,20,21)(H,22,29)/t15-/m0/s1. The smallest absolute Gasteiger partial charge is 0.414 e. The lowest BCUT2D eigenvalue weighted by Gasteiger charge is -2.36. The van der Waals surface area contributed by atoms with Gasteiger partial charge in [0.1, 0.15) is 16.9 Å². The van der Waals surface area contributed by atoms with Crippen molar-refractivity contribution in [3.05, 3.63) is 36.5 Å². The number of nitrogens with zero attached hydrogens (tertiary/aromatic N) is 5. The second-order valence-electron chi connectivity index (χ2n) is 7.15. The lowest BCUT2D eigenvalue weighted by molar-refractivity contribution is 0.143. The molecule has 30 heavy (non-hydrogen) atoms. The Bertz CT molecular complexity index is 911. The quantitative estimate of drug-likeness (QED) is 0.666. The zero-order valence-electron chi connectivity index (χ0n) is 16.6. The largest absolute Gasteiger partial charge is 0.442 e. The minimum atomic E-state index is -0.363. The number of nitrogens with one attached hydrogen (secondary N) is 2. The Balaban J connectivity index is 1.33. The average Bonchev–Trinajstić information content (AvgIpc) is 3.42. The Morgan fingerprint density at radius 3 is 2.70 bits per heavy atom. The predicted molar refractivity (Wildman–Crippen MR) is 122 cm³/mol. The molecule has 2 saturated heterocycles. The summed E-state index contributed by atoms with van der Waals surface area (Å²) < 4.78 is 5.39. The predicted octanol–water partition coefficient (Wildman–Crippen LogP) is 1.56. The number of rotatable bonds is 5. The number of hydrogen-bond donors (Lipinski definition) is 2. The maximum atomic E-state index is 12.2. The number of anilines is 2. The molecule has 11 heteroatoms. The van der Waals surface area contributed by atoms with E-state index in [1.54, 1.807) is 30.4 Å². The first-order chi connectivity index (χ1) is 14.5. The Labute approximate surface area is 185 Å². The molecule has 1 atom stereocenters. The number of thiocarbonyl (C=S) groups is 2. The van der Waals surface area contributed by atoms with Crippen LogP contribution in [0.5, 0.6) is 0 Å². The van der Waals surface area contributed by atoms with Gasteiger partial charge in [-0.25, -0.2) is 14.8 Å². The van der Waals surface area contributed by atoms with Crippen LogP contribution in [0.2, 0.25) is 0 Å². The van der Waals surface area contributed by atoms with Crippen LogP contribution in [-0.2, 0) is 4.74 Å². The zero-order valence-corrected chi connectivity index (χ0v) is 18.2. The Hall–Kier alpha value is -2.79. The second-order valence-corrected chi connectivity index (χ2v) is 8.14. The highest BCUT2D eigenvalue weighted by Gasteiger charge is 2.32. The number of amides is 1. The molecule has 1 amide bonds. The van der Waals surface area contributed by atoms with Gasteiger partial charge in [0.15, 0.2) is 5.82 Å². The van der Waals surface area contributed by atoms with Gasteiger partial charge in [-0.1, -0.05) is 24.4 Å². The van der Waals surface area contributed by atoms with Crippen molar-refractivity contribution in [3.8, 4) is 0 Å². The van der Waals surface area contributed by atoms with E-state index in [1.165, 1.54) is 0 Å². The number of carbonyl (C=O) groups excluding carboxylic acids is 1. The van der Waals surface area contributed by atoms with Crippen LogP contribution in [0.25, 0.3) is 0 Å². The summed E-state index contributed by atoms with van der Waals surface area (Å²) in [6.07, 6.45) is 4.60. The van der Waals surface area contributed by atoms with Crippen LogP contribution in [0.4, 0.5) is 16.3 Å². The van der Waals surface area contributed by atoms with E-state index in [4.69, 9.17) is 29.2 Å². The number of ether oxygens (including phenoxy) is 1. The Kier molecular flexibility index (Phi) is 6.09. The summed E-state index contributed by atoms with van der Waals surface area (Å²) in [6, 6.07) is 3.85. The molecule has 2 fully saturated rings. The zero-order chi connectivity index (χ0) is 21.1. The van der Waals surface area contributed by atoms with E-state index >= 15 is 0 Å². The fourth-order valence-electron chi connectivity index (χ4n) is 3.49.